The molecule has 3 aromatic rings. The van der Waals surface area contributed by atoms with Crippen LogP contribution in [0.4, 0.5) is 0 Å². The molecular weight excluding hydrogens is 304 g/mol. The molecule has 2 heterocycles. The van der Waals surface area contributed by atoms with Gasteiger partial charge in [-0.15, -0.1) is 10.2 Å². The predicted molar refractivity (Wildman–Crippen MR) is 89.4 cm³/mol. The fraction of sp³-hybridized carbons (Fsp3) is 0.471. The van der Waals surface area contributed by atoms with Crippen molar-refractivity contribution < 1.29 is 4.52 Å². The van der Waals surface area contributed by atoms with Gasteiger partial charge in [-0.1, -0.05) is 50.2 Å². The molecule has 7 heteroatoms. The van der Waals surface area contributed by atoms with Crippen molar-refractivity contribution in [3.8, 4) is 11.4 Å². The minimum atomic E-state index is -0.251. The summed E-state index contributed by atoms with van der Waals surface area (Å²) >= 11 is 0. The van der Waals surface area contributed by atoms with Crippen LogP contribution < -0.4 is 0 Å². The van der Waals surface area contributed by atoms with E-state index in [2.05, 4.69) is 58.5 Å². The van der Waals surface area contributed by atoms with Crippen molar-refractivity contribution in [3.05, 3.63) is 41.5 Å². The Balaban J connectivity index is 1.78. The summed E-state index contributed by atoms with van der Waals surface area (Å²) in [6, 6.07) is 7.98. The monoisotopic (exact) mass is 326 g/mol. The molecule has 0 aliphatic rings. The number of aromatic nitrogens is 6. The Morgan fingerprint density at radius 1 is 1.12 bits per heavy atom. The Labute approximate surface area is 141 Å². The molecule has 1 aromatic carbocycles. The van der Waals surface area contributed by atoms with Crippen LogP contribution in [0, 0.1) is 0 Å². The second kappa shape index (κ2) is 6.90. The van der Waals surface area contributed by atoms with Crippen LogP contribution in [0.2, 0.25) is 0 Å². The molecule has 2 aromatic heterocycles. The van der Waals surface area contributed by atoms with Crippen LogP contribution in [0.3, 0.4) is 0 Å². The van der Waals surface area contributed by atoms with E-state index < -0.39 is 0 Å². The maximum atomic E-state index is 5.30. The predicted octanol–water partition coefficient (Wildman–Crippen LogP) is 3.41. The number of tetrazole rings is 1. The van der Waals surface area contributed by atoms with E-state index in [1.807, 2.05) is 19.1 Å². The maximum Gasteiger partial charge on any atom is 0.253 e. The lowest BCUT2D eigenvalue weighted by Crippen LogP contribution is -2.11. The zero-order valence-corrected chi connectivity index (χ0v) is 14.5. The molecule has 0 saturated carbocycles. The van der Waals surface area contributed by atoms with Gasteiger partial charge < -0.3 is 4.52 Å². The zero-order valence-electron chi connectivity index (χ0n) is 14.5. The van der Waals surface area contributed by atoms with E-state index in [-0.39, 0.29) is 6.04 Å². The Kier molecular flexibility index (Phi) is 4.69. The molecule has 1 unspecified atom stereocenters. The van der Waals surface area contributed by atoms with Crippen molar-refractivity contribution >= 4 is 0 Å². The summed E-state index contributed by atoms with van der Waals surface area (Å²) in [7, 11) is 0. The van der Waals surface area contributed by atoms with Gasteiger partial charge in [-0.05, 0) is 30.0 Å². The highest BCUT2D eigenvalue weighted by molar-refractivity contribution is 5.54. The Morgan fingerprint density at radius 2 is 1.88 bits per heavy atom. The molecular formula is C17H22N6O. The zero-order chi connectivity index (χ0) is 17.1. The summed E-state index contributed by atoms with van der Waals surface area (Å²) in [4.78, 5) is 5.89. The SMILES string of the molecule is CCCc1noc(C(C)n2nnc(-c3ccc(C(C)C)cc3)n2)n1. The first kappa shape index (κ1) is 16.3. The number of aryl methyl sites for hydroxylation is 1. The molecule has 0 fully saturated rings. The summed E-state index contributed by atoms with van der Waals surface area (Å²) < 4.78 is 5.30. The van der Waals surface area contributed by atoms with Gasteiger partial charge in [-0.2, -0.15) is 9.78 Å². The van der Waals surface area contributed by atoms with Gasteiger partial charge in [-0.3, -0.25) is 0 Å². The number of benzene rings is 1. The van der Waals surface area contributed by atoms with E-state index >= 15 is 0 Å². The van der Waals surface area contributed by atoms with Crippen LogP contribution in [0.25, 0.3) is 11.4 Å². The minimum absolute atomic E-state index is 0.251. The van der Waals surface area contributed by atoms with Gasteiger partial charge in [0.25, 0.3) is 5.89 Å². The van der Waals surface area contributed by atoms with Crippen molar-refractivity contribution in [2.75, 3.05) is 0 Å². The number of nitrogens with zero attached hydrogens (tertiary/aromatic N) is 6. The second-order valence-corrected chi connectivity index (χ2v) is 6.18. The molecule has 1 atom stereocenters. The van der Waals surface area contributed by atoms with Crippen molar-refractivity contribution in [3.63, 3.8) is 0 Å². The number of hydrogen-bond acceptors (Lipinski definition) is 6. The molecule has 0 radical (unpaired) electrons. The molecule has 0 spiro atoms. The van der Waals surface area contributed by atoms with Gasteiger partial charge in [0.05, 0.1) is 0 Å². The Hall–Kier alpha value is -2.57. The smallest absolute Gasteiger partial charge is 0.253 e. The lowest BCUT2D eigenvalue weighted by Gasteiger charge is -2.05. The highest BCUT2D eigenvalue weighted by atomic mass is 16.5. The van der Waals surface area contributed by atoms with Gasteiger partial charge in [0.1, 0.15) is 6.04 Å². The normalized spacial score (nSPS) is 12.7. The Bertz CT molecular complexity index is 790. The molecule has 3 rings (SSSR count). The van der Waals surface area contributed by atoms with E-state index in [0.717, 1.165) is 18.4 Å². The van der Waals surface area contributed by atoms with E-state index in [9.17, 15) is 0 Å². The third kappa shape index (κ3) is 3.34. The molecule has 24 heavy (non-hydrogen) atoms. The van der Waals surface area contributed by atoms with Gasteiger partial charge in [0, 0.05) is 12.0 Å². The van der Waals surface area contributed by atoms with Crippen LogP contribution in [0.15, 0.2) is 28.8 Å². The maximum absolute atomic E-state index is 5.30. The standard InChI is InChI=1S/C17H22N6O/c1-5-6-15-18-17(24-21-15)12(4)23-20-16(19-22-23)14-9-7-13(8-10-14)11(2)3/h7-12H,5-6H2,1-4H3. The van der Waals surface area contributed by atoms with Crippen LogP contribution in [-0.2, 0) is 6.42 Å². The summed E-state index contributed by atoms with van der Waals surface area (Å²) in [6.45, 7) is 8.33. The molecule has 0 bridgehead atoms. The van der Waals surface area contributed by atoms with Crippen molar-refractivity contribution in [1.29, 1.82) is 0 Å². The fourth-order valence-electron chi connectivity index (χ4n) is 2.38. The fourth-order valence-corrected chi connectivity index (χ4v) is 2.38. The number of rotatable bonds is 6. The minimum Gasteiger partial charge on any atom is -0.337 e. The molecule has 0 saturated heterocycles. The molecule has 0 aliphatic heterocycles. The summed E-state index contributed by atoms with van der Waals surface area (Å²) in [5.41, 5.74) is 2.23. The number of hydrogen-bond donors (Lipinski definition) is 0. The molecule has 0 N–H and O–H groups in total. The highest BCUT2D eigenvalue weighted by Gasteiger charge is 2.19. The summed E-state index contributed by atoms with van der Waals surface area (Å²) in [6.07, 6.45) is 1.78. The average Bonchev–Trinajstić information content (AvgIpc) is 3.24. The van der Waals surface area contributed by atoms with Gasteiger partial charge in [0.15, 0.2) is 5.82 Å². The lowest BCUT2D eigenvalue weighted by molar-refractivity contribution is 0.318. The van der Waals surface area contributed by atoms with Crippen molar-refractivity contribution in [1.82, 2.24) is 30.3 Å². The largest absolute Gasteiger partial charge is 0.337 e. The van der Waals surface area contributed by atoms with Gasteiger partial charge in [0.2, 0.25) is 5.82 Å². The van der Waals surface area contributed by atoms with E-state index in [0.29, 0.717) is 23.5 Å². The van der Waals surface area contributed by atoms with Crippen LogP contribution in [0.1, 0.15) is 63.4 Å². The first-order valence-corrected chi connectivity index (χ1v) is 8.30. The van der Waals surface area contributed by atoms with Crippen LogP contribution >= 0.6 is 0 Å². The van der Waals surface area contributed by atoms with Crippen LogP contribution in [0.5, 0.6) is 0 Å². The van der Waals surface area contributed by atoms with Crippen molar-refractivity contribution in [2.45, 2.75) is 52.5 Å². The van der Waals surface area contributed by atoms with Gasteiger partial charge >= 0.3 is 0 Å². The van der Waals surface area contributed by atoms with E-state index in [1.54, 1.807) is 0 Å². The highest BCUT2D eigenvalue weighted by Crippen LogP contribution is 2.21. The topological polar surface area (TPSA) is 82.5 Å². The van der Waals surface area contributed by atoms with E-state index in [4.69, 9.17) is 4.52 Å². The molecule has 0 amide bonds. The first-order valence-electron chi connectivity index (χ1n) is 8.30. The summed E-state index contributed by atoms with van der Waals surface area (Å²) in [5, 5.41) is 16.7. The van der Waals surface area contributed by atoms with E-state index in [1.165, 1.54) is 10.4 Å². The third-order valence-electron chi connectivity index (χ3n) is 3.93. The Morgan fingerprint density at radius 3 is 2.54 bits per heavy atom. The second-order valence-electron chi connectivity index (χ2n) is 6.18. The lowest BCUT2D eigenvalue weighted by atomic mass is 10.0. The third-order valence-corrected chi connectivity index (χ3v) is 3.93. The quantitative estimate of drug-likeness (QED) is 0.690. The molecule has 0 aliphatic carbocycles. The summed E-state index contributed by atoms with van der Waals surface area (Å²) in [5.74, 6) is 2.30. The first-order chi connectivity index (χ1) is 11.6. The van der Waals surface area contributed by atoms with Gasteiger partial charge in [-0.25, -0.2) is 0 Å². The van der Waals surface area contributed by atoms with Crippen LogP contribution in [-0.4, -0.2) is 30.3 Å². The molecule has 126 valence electrons. The van der Waals surface area contributed by atoms with Crippen molar-refractivity contribution in [2.24, 2.45) is 0 Å². The molecule has 7 nitrogen and oxygen atoms in total. The average molecular weight is 326 g/mol.